The number of nitrogens with zero attached hydrogens (tertiary/aromatic N) is 5. The molecular formula is C29H21ClN8O9S3. The smallest absolute Gasteiger partial charge is 0.296 e. The summed E-state index contributed by atoms with van der Waals surface area (Å²) in [6, 6.07) is 20.9. The fraction of sp³-hybridized carbons (Fsp3) is 0. The predicted octanol–water partition coefficient (Wildman–Crippen LogP) is 5.87. The predicted molar refractivity (Wildman–Crippen MR) is 185 cm³/mol. The van der Waals surface area contributed by atoms with E-state index in [-0.39, 0.29) is 39.3 Å². The van der Waals surface area contributed by atoms with E-state index < -0.39 is 52.4 Å². The van der Waals surface area contributed by atoms with Crippen molar-refractivity contribution in [1.82, 2.24) is 15.0 Å². The topological polar surface area (TPSA) is 263 Å². The van der Waals surface area contributed by atoms with Crippen molar-refractivity contribution < 1.29 is 39.5 Å². The van der Waals surface area contributed by atoms with Crippen molar-refractivity contribution in [3.05, 3.63) is 90.2 Å². The number of benzene rings is 5. The number of aromatic nitrogens is 3. The van der Waals surface area contributed by atoms with Gasteiger partial charge in [-0.1, -0.05) is 42.5 Å². The van der Waals surface area contributed by atoms with Crippen molar-refractivity contribution in [1.29, 1.82) is 0 Å². The Balaban J connectivity index is 1.50. The molecule has 0 saturated carbocycles. The third-order valence-electron chi connectivity index (χ3n) is 6.92. The summed E-state index contributed by atoms with van der Waals surface area (Å²) in [5, 5.41) is 25.7. The zero-order valence-corrected chi connectivity index (χ0v) is 28.0. The summed E-state index contributed by atoms with van der Waals surface area (Å²) in [4.78, 5) is 10.5. The van der Waals surface area contributed by atoms with Gasteiger partial charge >= 0.3 is 0 Å². The van der Waals surface area contributed by atoms with E-state index in [1.807, 2.05) is 12.1 Å². The van der Waals surface area contributed by atoms with Crippen molar-refractivity contribution >= 4 is 105 Å². The number of hydrogen-bond acceptors (Lipinski definition) is 14. The Morgan fingerprint density at radius 1 is 0.720 bits per heavy atom. The van der Waals surface area contributed by atoms with Gasteiger partial charge in [-0.3, -0.25) is 13.8 Å². The SMILES string of the molecule is O=[SH](=O)Nc1cccc(Nc2nc(Cl)nc(Nc3cc(S(=O)(=O)O)cc4cc(S(=O)(=O)O)c(/N=N/c5cccc6ccccc56)c(O)c34)n2)c1. The Morgan fingerprint density at radius 2 is 1.40 bits per heavy atom. The molecule has 256 valence electrons. The van der Waals surface area contributed by atoms with E-state index >= 15 is 0 Å². The zero-order chi connectivity index (χ0) is 35.8. The second kappa shape index (κ2) is 13.4. The Bertz CT molecular complexity index is 2660. The molecule has 0 aliphatic carbocycles. The fourth-order valence-electron chi connectivity index (χ4n) is 4.88. The van der Waals surface area contributed by atoms with E-state index in [4.69, 9.17) is 11.6 Å². The second-order valence-corrected chi connectivity index (χ2v) is 14.1. The van der Waals surface area contributed by atoms with Crippen molar-refractivity contribution in [2.45, 2.75) is 9.79 Å². The number of thiol groups is 1. The quantitative estimate of drug-likeness (QED) is 0.0490. The van der Waals surface area contributed by atoms with Gasteiger partial charge in [-0.25, -0.2) is 8.42 Å². The van der Waals surface area contributed by atoms with Crippen LogP contribution in [0, 0.1) is 0 Å². The molecule has 0 aliphatic heterocycles. The molecule has 6 aromatic rings. The molecular weight excluding hydrogens is 736 g/mol. The summed E-state index contributed by atoms with van der Waals surface area (Å²) in [7, 11) is -13.0. The largest absolute Gasteiger partial charge is 0.505 e. The molecule has 0 spiro atoms. The molecule has 1 heterocycles. The Labute approximate surface area is 289 Å². The Hall–Kier alpha value is -5.51. The van der Waals surface area contributed by atoms with Gasteiger partial charge in [0.05, 0.1) is 22.0 Å². The maximum atomic E-state index is 12.5. The maximum absolute atomic E-state index is 12.5. The molecule has 0 amide bonds. The Kier molecular flexibility index (Phi) is 9.22. The van der Waals surface area contributed by atoms with Gasteiger partial charge in [0.25, 0.3) is 20.2 Å². The fourth-order valence-corrected chi connectivity index (χ4v) is 6.59. The standard InChI is InChI=1S/C29H21ClN8O9S3/c30-27-33-28(31-17-7-4-8-18(13-17)38-48(40)41)35-29(34-27)32-22-14-19(49(42,43)44)11-16-12-23(50(45,46)47)25(26(39)24(16)22)37-36-21-10-3-6-15-5-1-2-9-20(15)21/h1-14,39,48H,(H,38,40,41)(H,42,43,44)(H,45,46,47)(H2,31,32,33,34,35)/b37-36+. The van der Waals surface area contributed by atoms with Crippen LogP contribution in [-0.4, -0.2) is 54.4 Å². The highest BCUT2D eigenvalue weighted by Gasteiger charge is 2.26. The highest BCUT2D eigenvalue weighted by atomic mass is 35.5. The third kappa shape index (κ3) is 7.54. The van der Waals surface area contributed by atoms with Crippen molar-refractivity contribution in [3.63, 3.8) is 0 Å². The minimum Gasteiger partial charge on any atom is -0.505 e. The number of halogens is 1. The summed E-state index contributed by atoms with van der Waals surface area (Å²) in [6.45, 7) is 0. The molecule has 6 N–H and O–H groups in total. The van der Waals surface area contributed by atoms with Crippen molar-refractivity contribution in [2.75, 3.05) is 15.4 Å². The molecule has 1 aromatic heterocycles. The minimum atomic E-state index is -5.11. The van der Waals surface area contributed by atoms with Crippen LogP contribution in [0.5, 0.6) is 5.75 Å². The summed E-state index contributed by atoms with van der Waals surface area (Å²) in [5.41, 5.74) is -0.122. The van der Waals surface area contributed by atoms with E-state index in [0.717, 1.165) is 23.6 Å². The lowest BCUT2D eigenvalue weighted by Gasteiger charge is -2.15. The van der Waals surface area contributed by atoms with E-state index in [2.05, 4.69) is 40.5 Å². The molecule has 0 bridgehead atoms. The van der Waals surface area contributed by atoms with Gasteiger partial charge in [0, 0.05) is 16.5 Å². The zero-order valence-electron chi connectivity index (χ0n) is 24.8. The van der Waals surface area contributed by atoms with E-state index in [1.54, 1.807) is 36.4 Å². The molecule has 0 aliphatic rings. The normalized spacial score (nSPS) is 12.2. The molecule has 50 heavy (non-hydrogen) atoms. The van der Waals surface area contributed by atoms with Crippen molar-refractivity contribution in [3.8, 4) is 5.75 Å². The third-order valence-corrected chi connectivity index (χ3v) is 9.23. The molecule has 0 saturated heterocycles. The lowest BCUT2D eigenvalue weighted by molar-refractivity contribution is 0.472. The average molecular weight is 757 g/mol. The first-order valence-corrected chi connectivity index (χ1v) is 18.2. The van der Waals surface area contributed by atoms with Crippen LogP contribution in [0.1, 0.15) is 0 Å². The van der Waals surface area contributed by atoms with Gasteiger partial charge in [-0.15, -0.1) is 10.2 Å². The van der Waals surface area contributed by atoms with Crippen LogP contribution in [0.15, 0.2) is 105 Å². The van der Waals surface area contributed by atoms with Gasteiger partial charge < -0.3 is 15.7 Å². The maximum Gasteiger partial charge on any atom is 0.296 e. The van der Waals surface area contributed by atoms with Crippen LogP contribution in [-0.2, 0) is 31.1 Å². The summed E-state index contributed by atoms with van der Waals surface area (Å²) in [5.74, 6) is -1.34. The van der Waals surface area contributed by atoms with Gasteiger partial charge in [0.15, 0.2) is 5.75 Å². The van der Waals surface area contributed by atoms with Crippen molar-refractivity contribution in [2.24, 2.45) is 10.2 Å². The molecule has 17 nitrogen and oxygen atoms in total. The molecule has 21 heteroatoms. The number of phenols is 1. The van der Waals surface area contributed by atoms with Gasteiger partial charge in [-0.2, -0.15) is 31.8 Å². The highest BCUT2D eigenvalue weighted by Crippen LogP contribution is 2.46. The van der Waals surface area contributed by atoms with Crippen LogP contribution >= 0.6 is 11.6 Å². The highest BCUT2D eigenvalue weighted by molar-refractivity contribution is 7.86. The minimum absolute atomic E-state index is 0.158. The van der Waals surface area contributed by atoms with Gasteiger partial charge in [-0.05, 0) is 64.8 Å². The molecule has 0 atom stereocenters. The first-order valence-electron chi connectivity index (χ1n) is 13.8. The molecule has 5 aromatic carbocycles. The monoisotopic (exact) mass is 756 g/mol. The van der Waals surface area contributed by atoms with Gasteiger partial charge in [0.1, 0.15) is 10.6 Å². The number of rotatable bonds is 10. The van der Waals surface area contributed by atoms with E-state index in [9.17, 15) is 39.5 Å². The lowest BCUT2D eigenvalue weighted by Crippen LogP contribution is -2.06. The van der Waals surface area contributed by atoms with Gasteiger partial charge in [0.2, 0.25) is 28.1 Å². The van der Waals surface area contributed by atoms with Crippen LogP contribution in [0.25, 0.3) is 21.5 Å². The molecule has 0 radical (unpaired) electrons. The number of azo groups is 1. The van der Waals surface area contributed by atoms with Crippen LogP contribution in [0.2, 0.25) is 5.28 Å². The van der Waals surface area contributed by atoms with E-state index in [0.29, 0.717) is 16.8 Å². The molecule has 0 unspecified atom stereocenters. The average Bonchev–Trinajstić information content (AvgIpc) is 3.02. The second-order valence-electron chi connectivity index (χ2n) is 10.2. The van der Waals surface area contributed by atoms with Crippen LogP contribution in [0.3, 0.4) is 0 Å². The molecule has 0 fully saturated rings. The van der Waals surface area contributed by atoms with Crippen LogP contribution in [0.4, 0.5) is 40.3 Å². The summed E-state index contributed by atoms with van der Waals surface area (Å²) >= 11 is 6.13. The number of hydrogen-bond donors (Lipinski definition) is 7. The Morgan fingerprint density at radius 3 is 2.12 bits per heavy atom. The number of aromatic hydroxyl groups is 1. The first-order chi connectivity index (χ1) is 23.7. The number of anilines is 5. The number of phenolic OH excluding ortho intramolecular Hbond substituents is 1. The molecule has 6 rings (SSSR count). The summed E-state index contributed by atoms with van der Waals surface area (Å²) < 4.78 is 93.8. The first kappa shape index (κ1) is 34.4. The number of fused-ring (bicyclic) bond motifs is 2. The lowest BCUT2D eigenvalue weighted by atomic mass is 10.1. The summed E-state index contributed by atoms with van der Waals surface area (Å²) in [6.07, 6.45) is 0. The van der Waals surface area contributed by atoms with E-state index in [1.165, 1.54) is 18.2 Å². The van der Waals surface area contributed by atoms with Crippen LogP contribution < -0.4 is 15.4 Å². The number of nitrogens with one attached hydrogen (secondary N) is 3.